The van der Waals surface area contributed by atoms with Crippen LogP contribution in [0.3, 0.4) is 0 Å². The standard InChI is InChI=1S/C13H19F.C10H15N3.C3H6.C2H6/c1-4-8-13(3)9-5-6-12(14)11(2)7-10-13;1-6(2)8(4)9-5-7(3)10(11)13-12-9;1-3-2;1-2/h5,7,9-10H,4,6,8H2,1-3H3;5,9,12H,1,4H2,2-3H3,(H2,11,13);3H,1H2,2H3;1-2H3/b9-5?,10-7?,12-11+;;;. The van der Waals surface area contributed by atoms with Gasteiger partial charge in [-0.2, -0.15) is 5.10 Å². The van der Waals surface area contributed by atoms with Crippen LogP contribution in [0.4, 0.5) is 4.39 Å². The van der Waals surface area contributed by atoms with Gasteiger partial charge in [0.15, 0.2) is 0 Å². The summed E-state index contributed by atoms with van der Waals surface area (Å²) >= 11 is 0. The highest BCUT2D eigenvalue weighted by Gasteiger charge is 2.17. The molecule has 0 bridgehead atoms. The number of rotatable bonds is 4. The number of halogens is 1. The van der Waals surface area contributed by atoms with E-state index in [1.165, 1.54) is 0 Å². The number of nitrogens with zero attached hydrogens (tertiary/aromatic N) is 1. The first-order valence-corrected chi connectivity index (χ1v) is 11.4. The Morgan fingerprint density at radius 3 is 2.34 bits per heavy atom. The molecule has 0 amide bonds. The Morgan fingerprint density at radius 2 is 1.88 bits per heavy atom. The van der Waals surface area contributed by atoms with Crippen molar-refractivity contribution < 1.29 is 4.39 Å². The van der Waals surface area contributed by atoms with E-state index in [1.807, 2.05) is 59.8 Å². The SMILES string of the molecule is C=C(C)C(=C)C1C=C(C)C(N)=NN1.C=CC.CC.CCCC1(C)C=CC/C(F)=C(/C)C=C1. The van der Waals surface area contributed by atoms with E-state index < -0.39 is 0 Å². The molecule has 3 N–H and O–H groups in total. The van der Waals surface area contributed by atoms with Crippen molar-refractivity contribution >= 4 is 5.84 Å². The number of nitrogens with two attached hydrogens (primary N) is 1. The first kappa shape index (κ1) is 31.6. The summed E-state index contributed by atoms with van der Waals surface area (Å²) in [5.74, 6) is 0.516. The molecular weight excluding hydrogens is 397 g/mol. The number of hydrogen-bond acceptors (Lipinski definition) is 3. The monoisotopic (exact) mass is 443 g/mol. The molecule has 0 aromatic carbocycles. The van der Waals surface area contributed by atoms with Crippen molar-refractivity contribution in [3.8, 4) is 0 Å². The predicted octanol–water partition coefficient (Wildman–Crippen LogP) is 8.08. The second kappa shape index (κ2) is 17.0. The van der Waals surface area contributed by atoms with Gasteiger partial charge >= 0.3 is 0 Å². The van der Waals surface area contributed by atoms with E-state index >= 15 is 0 Å². The van der Waals surface area contributed by atoms with E-state index in [9.17, 15) is 4.39 Å². The van der Waals surface area contributed by atoms with E-state index in [0.717, 1.165) is 35.1 Å². The van der Waals surface area contributed by atoms with Gasteiger partial charge in [-0.3, -0.25) is 5.43 Å². The Labute approximate surface area is 197 Å². The van der Waals surface area contributed by atoms with Gasteiger partial charge in [-0.1, -0.05) is 83.2 Å². The molecule has 4 heteroatoms. The lowest BCUT2D eigenvalue weighted by Crippen LogP contribution is -2.33. The molecule has 0 radical (unpaired) electrons. The zero-order chi connectivity index (χ0) is 25.3. The van der Waals surface area contributed by atoms with Crippen LogP contribution in [0.2, 0.25) is 0 Å². The van der Waals surface area contributed by atoms with Crippen LogP contribution in [0.1, 0.15) is 74.7 Å². The van der Waals surface area contributed by atoms with Gasteiger partial charge in [0.05, 0.1) is 6.04 Å². The number of hydrogen-bond donors (Lipinski definition) is 2. The average Bonchev–Trinajstić information content (AvgIpc) is 2.75. The lowest BCUT2D eigenvalue weighted by molar-refractivity contribution is 0.487. The molecule has 2 atom stereocenters. The van der Waals surface area contributed by atoms with Crippen LogP contribution < -0.4 is 11.2 Å². The summed E-state index contributed by atoms with van der Waals surface area (Å²) in [5, 5.41) is 3.97. The van der Waals surface area contributed by atoms with E-state index in [1.54, 1.807) is 6.08 Å². The van der Waals surface area contributed by atoms with Crippen molar-refractivity contribution in [2.24, 2.45) is 16.3 Å². The minimum absolute atomic E-state index is 0.0175. The van der Waals surface area contributed by atoms with Crippen molar-refractivity contribution in [2.45, 2.75) is 80.7 Å². The summed E-state index contributed by atoms with van der Waals surface area (Å²) in [6.07, 6.45) is 14.5. The van der Waals surface area contributed by atoms with Gasteiger partial charge < -0.3 is 5.73 Å². The molecule has 2 aliphatic rings. The minimum Gasteiger partial charge on any atom is -0.382 e. The Kier molecular flexibility index (Phi) is 16.8. The molecule has 0 fully saturated rings. The summed E-state index contributed by atoms with van der Waals surface area (Å²) in [6, 6.07) is 0.0322. The smallest absolute Gasteiger partial charge is 0.145 e. The largest absolute Gasteiger partial charge is 0.382 e. The molecule has 2 rings (SSSR count). The van der Waals surface area contributed by atoms with Crippen molar-refractivity contribution in [1.29, 1.82) is 0 Å². The Balaban J connectivity index is 0. The summed E-state index contributed by atoms with van der Waals surface area (Å²) in [5.41, 5.74) is 12.2. The molecule has 3 nitrogen and oxygen atoms in total. The first-order valence-electron chi connectivity index (χ1n) is 11.4. The first-order chi connectivity index (χ1) is 15.0. The van der Waals surface area contributed by atoms with Crippen LogP contribution in [0.5, 0.6) is 0 Å². The lowest BCUT2D eigenvalue weighted by Gasteiger charge is -2.22. The molecule has 0 saturated heterocycles. The highest BCUT2D eigenvalue weighted by atomic mass is 19.1. The number of allylic oxidation sites excluding steroid dienone is 7. The molecule has 32 heavy (non-hydrogen) atoms. The van der Waals surface area contributed by atoms with Crippen molar-refractivity contribution in [1.82, 2.24) is 5.43 Å². The lowest BCUT2D eigenvalue weighted by atomic mass is 9.83. The zero-order valence-corrected chi connectivity index (χ0v) is 21.7. The maximum Gasteiger partial charge on any atom is 0.145 e. The molecule has 2 unspecified atom stereocenters. The van der Waals surface area contributed by atoms with Crippen LogP contribution in [0, 0.1) is 5.41 Å². The topological polar surface area (TPSA) is 50.4 Å². The molecular formula is C28H46FN3. The van der Waals surface area contributed by atoms with Crippen LogP contribution in [0.15, 0.2) is 89.4 Å². The van der Waals surface area contributed by atoms with Crippen molar-refractivity contribution in [3.63, 3.8) is 0 Å². The minimum atomic E-state index is -0.0175. The Bertz CT molecular complexity index is 766. The third-order valence-corrected chi connectivity index (χ3v) is 4.79. The molecule has 0 spiro atoms. The molecule has 1 aliphatic carbocycles. The number of hydrazone groups is 1. The fraction of sp³-hybridized carbons (Fsp3) is 0.464. The van der Waals surface area contributed by atoms with Crippen LogP contribution in [-0.2, 0) is 0 Å². The summed E-state index contributed by atoms with van der Waals surface area (Å²) in [6.45, 7) is 27.1. The van der Waals surface area contributed by atoms with E-state index in [0.29, 0.717) is 12.3 Å². The second-order valence-electron chi connectivity index (χ2n) is 7.95. The van der Waals surface area contributed by atoms with E-state index in [4.69, 9.17) is 5.73 Å². The van der Waals surface area contributed by atoms with Gasteiger partial charge in [-0.25, -0.2) is 4.39 Å². The molecule has 1 heterocycles. The third kappa shape index (κ3) is 12.3. The molecule has 180 valence electrons. The van der Waals surface area contributed by atoms with Crippen molar-refractivity contribution in [2.75, 3.05) is 0 Å². The molecule has 0 aromatic heterocycles. The maximum absolute atomic E-state index is 13.2. The van der Waals surface area contributed by atoms with Gasteiger partial charge in [0.2, 0.25) is 0 Å². The highest BCUT2D eigenvalue weighted by molar-refractivity contribution is 5.97. The fourth-order valence-corrected chi connectivity index (χ4v) is 2.80. The van der Waals surface area contributed by atoms with Gasteiger partial charge in [0, 0.05) is 11.8 Å². The van der Waals surface area contributed by atoms with Crippen LogP contribution in [0.25, 0.3) is 0 Å². The number of amidine groups is 1. The zero-order valence-electron chi connectivity index (χ0n) is 21.7. The Morgan fingerprint density at radius 1 is 1.31 bits per heavy atom. The second-order valence-corrected chi connectivity index (χ2v) is 7.95. The third-order valence-electron chi connectivity index (χ3n) is 4.79. The fourth-order valence-electron chi connectivity index (χ4n) is 2.80. The van der Waals surface area contributed by atoms with Crippen molar-refractivity contribution in [3.05, 3.63) is 84.3 Å². The van der Waals surface area contributed by atoms with Gasteiger partial charge in [0.25, 0.3) is 0 Å². The number of nitrogens with one attached hydrogen (secondary N) is 1. The maximum atomic E-state index is 13.2. The summed E-state index contributed by atoms with van der Waals surface area (Å²) in [4.78, 5) is 0. The highest BCUT2D eigenvalue weighted by Crippen LogP contribution is 2.30. The summed E-state index contributed by atoms with van der Waals surface area (Å²) in [7, 11) is 0. The average molecular weight is 444 g/mol. The van der Waals surface area contributed by atoms with Gasteiger partial charge in [-0.15, -0.1) is 6.58 Å². The summed E-state index contributed by atoms with van der Waals surface area (Å²) < 4.78 is 13.2. The van der Waals surface area contributed by atoms with Gasteiger partial charge in [-0.05, 0) is 56.9 Å². The van der Waals surface area contributed by atoms with Gasteiger partial charge in [0.1, 0.15) is 11.7 Å². The van der Waals surface area contributed by atoms with E-state index in [2.05, 4.69) is 56.3 Å². The molecule has 0 aromatic rings. The van der Waals surface area contributed by atoms with E-state index in [-0.39, 0.29) is 17.3 Å². The Hall–Kier alpha value is -2.62. The molecule has 1 aliphatic heterocycles. The predicted molar refractivity (Wildman–Crippen MR) is 143 cm³/mol. The van der Waals surface area contributed by atoms with Crippen LogP contribution >= 0.6 is 0 Å². The normalized spacial score (nSPS) is 23.6. The van der Waals surface area contributed by atoms with Crippen LogP contribution in [-0.4, -0.2) is 11.9 Å². The molecule has 0 saturated carbocycles. The quantitative estimate of drug-likeness (QED) is 0.341.